The summed E-state index contributed by atoms with van der Waals surface area (Å²) < 4.78 is 30.2. The summed E-state index contributed by atoms with van der Waals surface area (Å²) >= 11 is 0. The number of sulfonamides is 1. The Morgan fingerprint density at radius 1 is 1.13 bits per heavy atom. The number of nitrogens with one attached hydrogen (secondary N) is 2. The highest BCUT2D eigenvalue weighted by Crippen LogP contribution is 2.33. The van der Waals surface area contributed by atoms with E-state index in [0.717, 1.165) is 44.3 Å². The van der Waals surface area contributed by atoms with Crippen molar-refractivity contribution < 1.29 is 12.9 Å². The van der Waals surface area contributed by atoms with E-state index in [1.165, 1.54) is 19.1 Å². The third kappa shape index (κ3) is 4.91. The molecular formula is C15H26N4O3S. The van der Waals surface area contributed by atoms with Crippen LogP contribution in [0.2, 0.25) is 0 Å². The van der Waals surface area contributed by atoms with Gasteiger partial charge in [-0.3, -0.25) is 0 Å². The lowest BCUT2D eigenvalue weighted by molar-refractivity contribution is 0.329. The number of aromatic nitrogens is 2. The van der Waals surface area contributed by atoms with Crippen LogP contribution in [0.1, 0.15) is 63.1 Å². The minimum Gasteiger partial charge on any atom is -0.335 e. The van der Waals surface area contributed by atoms with Crippen molar-refractivity contribution in [3.05, 3.63) is 5.82 Å². The number of rotatable bonds is 6. The van der Waals surface area contributed by atoms with Gasteiger partial charge in [-0.25, -0.2) is 13.1 Å². The molecule has 130 valence electrons. The summed E-state index contributed by atoms with van der Waals surface area (Å²) in [6.45, 7) is 0.540. The quantitative estimate of drug-likeness (QED) is 0.823. The summed E-state index contributed by atoms with van der Waals surface area (Å²) in [5.74, 6) is 1.72. The molecule has 8 heteroatoms. The van der Waals surface area contributed by atoms with E-state index in [9.17, 15) is 8.42 Å². The highest BCUT2D eigenvalue weighted by atomic mass is 32.2. The lowest BCUT2D eigenvalue weighted by Crippen LogP contribution is -2.33. The molecule has 0 amide bonds. The minimum atomic E-state index is -3.09. The molecule has 3 rings (SSSR count). The van der Waals surface area contributed by atoms with Crippen LogP contribution in [-0.4, -0.2) is 37.4 Å². The molecular weight excluding hydrogens is 316 g/mol. The molecule has 1 aromatic heterocycles. The Hall–Kier alpha value is -1.15. The fraction of sp³-hybridized carbons (Fsp3) is 0.867. The van der Waals surface area contributed by atoms with E-state index in [1.807, 2.05) is 0 Å². The molecule has 2 N–H and O–H groups in total. The molecule has 7 nitrogen and oxygen atoms in total. The van der Waals surface area contributed by atoms with E-state index in [0.29, 0.717) is 30.4 Å². The van der Waals surface area contributed by atoms with Gasteiger partial charge < -0.3 is 9.84 Å². The van der Waals surface area contributed by atoms with Gasteiger partial charge in [0.15, 0.2) is 5.82 Å². The SMILES string of the molecule is CS(=O)(=O)NCC1CCC(Nc2nc(C3CCCC3)no2)CC1. The predicted molar refractivity (Wildman–Crippen MR) is 87.7 cm³/mol. The summed E-state index contributed by atoms with van der Waals surface area (Å²) in [7, 11) is -3.09. The van der Waals surface area contributed by atoms with Gasteiger partial charge in [0.05, 0.1) is 6.26 Å². The van der Waals surface area contributed by atoms with Gasteiger partial charge in [0.1, 0.15) is 0 Å². The largest absolute Gasteiger partial charge is 0.335 e. The summed E-state index contributed by atoms with van der Waals surface area (Å²) in [5, 5.41) is 7.45. The molecule has 0 radical (unpaired) electrons. The number of nitrogens with zero attached hydrogens (tertiary/aromatic N) is 2. The first-order valence-corrected chi connectivity index (χ1v) is 10.4. The van der Waals surface area contributed by atoms with Crippen LogP contribution in [-0.2, 0) is 10.0 Å². The molecule has 0 aromatic carbocycles. The van der Waals surface area contributed by atoms with Gasteiger partial charge >= 0.3 is 6.01 Å². The van der Waals surface area contributed by atoms with Crippen LogP contribution in [0, 0.1) is 5.92 Å². The van der Waals surface area contributed by atoms with E-state index in [4.69, 9.17) is 4.52 Å². The second-order valence-corrected chi connectivity index (χ2v) is 8.75. The Morgan fingerprint density at radius 2 is 1.83 bits per heavy atom. The molecule has 1 aromatic rings. The fourth-order valence-electron chi connectivity index (χ4n) is 3.60. The molecule has 0 spiro atoms. The second-order valence-electron chi connectivity index (χ2n) is 6.92. The molecule has 0 bridgehead atoms. The van der Waals surface area contributed by atoms with Crippen molar-refractivity contribution in [3.8, 4) is 0 Å². The highest BCUT2D eigenvalue weighted by molar-refractivity contribution is 7.88. The van der Waals surface area contributed by atoms with Crippen LogP contribution in [0.15, 0.2) is 4.52 Å². The highest BCUT2D eigenvalue weighted by Gasteiger charge is 2.25. The molecule has 23 heavy (non-hydrogen) atoms. The van der Waals surface area contributed by atoms with Crippen molar-refractivity contribution in [3.63, 3.8) is 0 Å². The maximum atomic E-state index is 11.1. The molecule has 0 saturated heterocycles. The van der Waals surface area contributed by atoms with Crippen LogP contribution in [0.5, 0.6) is 0 Å². The van der Waals surface area contributed by atoms with Crippen molar-refractivity contribution in [2.24, 2.45) is 5.92 Å². The van der Waals surface area contributed by atoms with Crippen LogP contribution >= 0.6 is 0 Å². The zero-order chi connectivity index (χ0) is 16.3. The Balaban J connectivity index is 1.43. The average Bonchev–Trinajstić information content (AvgIpc) is 3.16. The monoisotopic (exact) mass is 342 g/mol. The summed E-state index contributed by atoms with van der Waals surface area (Å²) in [6.07, 6.45) is 10.1. The molecule has 1 heterocycles. The van der Waals surface area contributed by atoms with Gasteiger partial charge in [0.25, 0.3) is 0 Å². The van der Waals surface area contributed by atoms with Gasteiger partial charge in [0, 0.05) is 18.5 Å². The van der Waals surface area contributed by atoms with Crippen molar-refractivity contribution in [2.45, 2.75) is 63.3 Å². The van der Waals surface area contributed by atoms with Crippen molar-refractivity contribution in [1.29, 1.82) is 0 Å². The lowest BCUT2D eigenvalue weighted by atomic mass is 9.86. The van der Waals surface area contributed by atoms with Gasteiger partial charge in [-0.05, 0) is 44.4 Å². The van der Waals surface area contributed by atoms with E-state index in [2.05, 4.69) is 20.2 Å². The van der Waals surface area contributed by atoms with Gasteiger partial charge in [-0.2, -0.15) is 4.98 Å². The first kappa shape index (κ1) is 16.7. The third-order valence-corrected chi connectivity index (χ3v) is 5.66. The Morgan fingerprint density at radius 3 is 2.48 bits per heavy atom. The molecule has 2 fully saturated rings. The lowest BCUT2D eigenvalue weighted by Gasteiger charge is -2.28. The molecule has 0 atom stereocenters. The smallest absolute Gasteiger partial charge is 0.321 e. The van der Waals surface area contributed by atoms with Crippen molar-refractivity contribution >= 4 is 16.0 Å². The van der Waals surface area contributed by atoms with Crippen LogP contribution < -0.4 is 10.0 Å². The first-order chi connectivity index (χ1) is 11.0. The molecule has 0 aliphatic heterocycles. The normalized spacial score (nSPS) is 26.5. The first-order valence-electron chi connectivity index (χ1n) is 8.54. The molecule has 2 aliphatic rings. The number of hydrogen-bond acceptors (Lipinski definition) is 6. The zero-order valence-corrected chi connectivity index (χ0v) is 14.4. The standard InChI is InChI=1S/C15H26N4O3S/c1-23(20,21)16-10-11-6-8-13(9-7-11)17-15-18-14(19-22-15)12-4-2-3-5-12/h11-13,16H,2-10H2,1H3,(H,17,18,19). The second kappa shape index (κ2) is 7.17. The van der Waals surface area contributed by atoms with Crippen LogP contribution in [0.25, 0.3) is 0 Å². The Labute approximate surface area is 137 Å². The molecule has 2 saturated carbocycles. The maximum Gasteiger partial charge on any atom is 0.321 e. The Kier molecular flexibility index (Phi) is 5.21. The van der Waals surface area contributed by atoms with E-state index in [-0.39, 0.29) is 0 Å². The fourth-order valence-corrected chi connectivity index (χ4v) is 4.14. The Bertz CT molecular complexity index is 602. The van der Waals surface area contributed by atoms with E-state index >= 15 is 0 Å². The summed E-state index contributed by atoms with van der Waals surface area (Å²) in [5.41, 5.74) is 0. The summed E-state index contributed by atoms with van der Waals surface area (Å²) in [4.78, 5) is 4.49. The van der Waals surface area contributed by atoms with Crippen LogP contribution in [0.3, 0.4) is 0 Å². The third-order valence-electron chi connectivity index (χ3n) is 4.97. The maximum absolute atomic E-state index is 11.1. The van der Waals surface area contributed by atoms with Crippen molar-refractivity contribution in [1.82, 2.24) is 14.9 Å². The molecule has 2 aliphatic carbocycles. The van der Waals surface area contributed by atoms with Crippen molar-refractivity contribution in [2.75, 3.05) is 18.1 Å². The topological polar surface area (TPSA) is 97.1 Å². The summed E-state index contributed by atoms with van der Waals surface area (Å²) in [6, 6.07) is 0.867. The predicted octanol–water partition coefficient (Wildman–Crippen LogP) is 2.25. The van der Waals surface area contributed by atoms with E-state index < -0.39 is 10.0 Å². The number of hydrogen-bond donors (Lipinski definition) is 2. The van der Waals surface area contributed by atoms with Gasteiger partial charge in [-0.1, -0.05) is 18.0 Å². The number of anilines is 1. The van der Waals surface area contributed by atoms with E-state index in [1.54, 1.807) is 0 Å². The van der Waals surface area contributed by atoms with Gasteiger partial charge in [0.2, 0.25) is 10.0 Å². The zero-order valence-electron chi connectivity index (χ0n) is 13.6. The average molecular weight is 342 g/mol. The molecule has 0 unspecified atom stereocenters. The van der Waals surface area contributed by atoms with Gasteiger partial charge in [-0.15, -0.1) is 0 Å². The van der Waals surface area contributed by atoms with Crippen LogP contribution in [0.4, 0.5) is 6.01 Å². The minimum absolute atomic E-state index is 0.335.